The topological polar surface area (TPSA) is 49.3 Å². The molecule has 1 aromatic heterocycles. The summed E-state index contributed by atoms with van der Waals surface area (Å²) in [5.74, 6) is 0.642. The van der Waals surface area contributed by atoms with Gasteiger partial charge in [-0.2, -0.15) is 9.36 Å². The normalized spacial score (nSPS) is 14.3. The highest BCUT2D eigenvalue weighted by molar-refractivity contribution is 7.09. The van der Waals surface area contributed by atoms with E-state index in [0.717, 1.165) is 35.2 Å². The number of hydrogen-bond acceptors (Lipinski definition) is 5. The minimum absolute atomic E-state index is 0.145. The van der Waals surface area contributed by atoms with Crippen LogP contribution in [-0.4, -0.2) is 46.3 Å². The van der Waals surface area contributed by atoms with Crippen LogP contribution in [0.1, 0.15) is 12.0 Å². The number of benzene rings is 2. The Labute approximate surface area is 167 Å². The Hall–Kier alpha value is -2.80. The Kier molecular flexibility index (Phi) is 5.62. The Morgan fingerprint density at radius 2 is 1.71 bits per heavy atom. The largest absolute Gasteiger partial charge is 0.343 e. The minimum atomic E-state index is -0.252. The Balaban J connectivity index is 1.29. The highest BCUT2D eigenvalue weighted by atomic mass is 32.1. The maximum absolute atomic E-state index is 13.0. The van der Waals surface area contributed by atoms with Crippen LogP contribution < -0.4 is 4.90 Å². The molecule has 5 nitrogen and oxygen atoms in total. The van der Waals surface area contributed by atoms with Gasteiger partial charge in [-0.25, -0.2) is 4.39 Å². The molecule has 28 heavy (non-hydrogen) atoms. The number of rotatable bonds is 5. The third-order valence-corrected chi connectivity index (χ3v) is 5.67. The molecule has 1 aliphatic rings. The predicted molar refractivity (Wildman–Crippen MR) is 109 cm³/mol. The van der Waals surface area contributed by atoms with Crippen molar-refractivity contribution in [1.29, 1.82) is 0 Å². The summed E-state index contributed by atoms with van der Waals surface area (Å²) in [6, 6.07) is 16.3. The molecule has 1 fully saturated rings. The van der Waals surface area contributed by atoms with Crippen molar-refractivity contribution in [2.75, 3.05) is 31.1 Å². The van der Waals surface area contributed by atoms with Crippen LogP contribution in [0.5, 0.6) is 0 Å². The number of carbonyl (C=O) groups is 1. The Bertz CT molecular complexity index is 921. The molecule has 3 aromatic rings. The van der Waals surface area contributed by atoms with Crippen molar-refractivity contribution in [2.24, 2.45) is 0 Å². The van der Waals surface area contributed by atoms with E-state index in [1.165, 1.54) is 23.7 Å². The summed E-state index contributed by atoms with van der Waals surface area (Å²) in [5, 5.41) is 0.900. The lowest BCUT2D eigenvalue weighted by Gasteiger charge is -2.34. The first kappa shape index (κ1) is 18.6. The first-order chi connectivity index (χ1) is 13.7. The van der Waals surface area contributed by atoms with Gasteiger partial charge in [0.25, 0.3) is 0 Å². The van der Waals surface area contributed by atoms with E-state index < -0.39 is 0 Å². The van der Waals surface area contributed by atoms with Crippen LogP contribution in [0, 0.1) is 5.82 Å². The average molecular weight is 396 g/mol. The number of piperazine rings is 1. The van der Waals surface area contributed by atoms with Gasteiger partial charge >= 0.3 is 0 Å². The second-order valence-electron chi connectivity index (χ2n) is 6.76. The van der Waals surface area contributed by atoms with Gasteiger partial charge in [0.1, 0.15) is 5.82 Å². The molecule has 4 rings (SSSR count). The number of amides is 1. The summed E-state index contributed by atoms with van der Waals surface area (Å²) >= 11 is 1.40. The lowest BCUT2D eigenvalue weighted by Crippen LogP contribution is -2.48. The molecule has 2 aromatic carbocycles. The van der Waals surface area contributed by atoms with E-state index in [4.69, 9.17) is 0 Å². The van der Waals surface area contributed by atoms with Gasteiger partial charge in [0.05, 0.1) is 0 Å². The number of nitrogens with zero attached hydrogens (tertiary/aromatic N) is 4. The van der Waals surface area contributed by atoms with Gasteiger partial charge in [0.2, 0.25) is 11.0 Å². The molecule has 0 unspecified atom stereocenters. The Morgan fingerprint density at radius 1 is 1.00 bits per heavy atom. The maximum Gasteiger partial charge on any atom is 0.223 e. The third-order valence-electron chi connectivity index (χ3n) is 4.89. The number of carbonyl (C=O) groups excluding carboxylic acids is 1. The second-order valence-corrected chi connectivity index (χ2v) is 7.49. The quantitative estimate of drug-likeness (QED) is 0.661. The second kappa shape index (κ2) is 8.48. The highest BCUT2D eigenvalue weighted by Gasteiger charge is 2.23. The summed E-state index contributed by atoms with van der Waals surface area (Å²) in [6.45, 7) is 2.88. The van der Waals surface area contributed by atoms with E-state index in [2.05, 4.69) is 14.3 Å². The van der Waals surface area contributed by atoms with Crippen molar-refractivity contribution in [1.82, 2.24) is 14.3 Å². The molecular weight excluding hydrogens is 375 g/mol. The molecule has 7 heteroatoms. The van der Waals surface area contributed by atoms with Crippen LogP contribution in [0.4, 0.5) is 9.52 Å². The first-order valence-corrected chi connectivity index (χ1v) is 10.1. The SMILES string of the molecule is O=C(CCc1ccc(F)cc1)N1CCN(c2nc(-c3ccccc3)ns2)CC1. The van der Waals surface area contributed by atoms with Crippen molar-refractivity contribution >= 4 is 22.6 Å². The molecule has 144 valence electrons. The monoisotopic (exact) mass is 396 g/mol. The van der Waals surface area contributed by atoms with E-state index in [1.807, 2.05) is 35.2 Å². The summed E-state index contributed by atoms with van der Waals surface area (Å²) < 4.78 is 17.4. The minimum Gasteiger partial charge on any atom is -0.343 e. The van der Waals surface area contributed by atoms with Crippen LogP contribution in [0.25, 0.3) is 11.4 Å². The predicted octanol–water partition coefficient (Wildman–Crippen LogP) is 3.63. The number of aromatic nitrogens is 2. The van der Waals surface area contributed by atoms with Gasteiger partial charge < -0.3 is 9.80 Å². The zero-order chi connectivity index (χ0) is 19.3. The molecule has 1 amide bonds. The van der Waals surface area contributed by atoms with Gasteiger partial charge in [0, 0.05) is 49.7 Å². The third kappa shape index (κ3) is 4.36. The van der Waals surface area contributed by atoms with Gasteiger partial charge in [-0.15, -0.1) is 0 Å². The van der Waals surface area contributed by atoms with Gasteiger partial charge in [-0.3, -0.25) is 4.79 Å². The lowest BCUT2D eigenvalue weighted by atomic mass is 10.1. The summed E-state index contributed by atoms with van der Waals surface area (Å²) in [7, 11) is 0. The fourth-order valence-electron chi connectivity index (χ4n) is 3.26. The molecule has 0 radical (unpaired) electrons. The smallest absolute Gasteiger partial charge is 0.223 e. The zero-order valence-corrected chi connectivity index (χ0v) is 16.2. The molecule has 0 saturated carbocycles. The number of halogens is 1. The molecule has 1 aliphatic heterocycles. The number of aryl methyl sites for hydroxylation is 1. The molecule has 0 N–H and O–H groups in total. The van der Waals surface area contributed by atoms with E-state index in [9.17, 15) is 9.18 Å². The van der Waals surface area contributed by atoms with Crippen molar-refractivity contribution in [3.05, 3.63) is 66.0 Å². The number of anilines is 1. The van der Waals surface area contributed by atoms with Crippen LogP contribution in [0.15, 0.2) is 54.6 Å². The lowest BCUT2D eigenvalue weighted by molar-refractivity contribution is -0.131. The standard InChI is InChI=1S/C21H21FN4OS/c22-18-9-6-16(7-10-18)8-11-19(27)25-12-14-26(15-13-25)21-23-20(24-28-21)17-4-2-1-3-5-17/h1-7,9-10H,8,11-15H2. The van der Waals surface area contributed by atoms with Crippen molar-refractivity contribution < 1.29 is 9.18 Å². The van der Waals surface area contributed by atoms with Gasteiger partial charge in [0.15, 0.2) is 5.82 Å². The summed E-state index contributed by atoms with van der Waals surface area (Å²) in [4.78, 5) is 21.2. The first-order valence-electron chi connectivity index (χ1n) is 9.35. The van der Waals surface area contributed by atoms with Crippen molar-refractivity contribution in [3.63, 3.8) is 0 Å². The fraction of sp³-hybridized carbons (Fsp3) is 0.286. The molecule has 0 spiro atoms. The van der Waals surface area contributed by atoms with E-state index >= 15 is 0 Å². The van der Waals surface area contributed by atoms with E-state index in [1.54, 1.807) is 12.1 Å². The summed E-state index contributed by atoms with van der Waals surface area (Å²) in [6.07, 6.45) is 1.08. The Morgan fingerprint density at radius 3 is 2.43 bits per heavy atom. The van der Waals surface area contributed by atoms with E-state index in [-0.39, 0.29) is 11.7 Å². The van der Waals surface area contributed by atoms with Gasteiger partial charge in [-0.1, -0.05) is 42.5 Å². The van der Waals surface area contributed by atoms with Gasteiger partial charge in [-0.05, 0) is 24.1 Å². The van der Waals surface area contributed by atoms with E-state index in [0.29, 0.717) is 25.9 Å². The molecule has 0 aliphatic carbocycles. The fourth-order valence-corrected chi connectivity index (χ4v) is 4.00. The van der Waals surface area contributed by atoms with Crippen LogP contribution in [0.2, 0.25) is 0 Å². The van der Waals surface area contributed by atoms with Crippen molar-refractivity contribution in [2.45, 2.75) is 12.8 Å². The maximum atomic E-state index is 13.0. The summed E-state index contributed by atoms with van der Waals surface area (Å²) in [5.41, 5.74) is 2.00. The number of hydrogen-bond donors (Lipinski definition) is 0. The average Bonchev–Trinajstić information content (AvgIpc) is 3.24. The highest BCUT2D eigenvalue weighted by Crippen LogP contribution is 2.24. The zero-order valence-electron chi connectivity index (χ0n) is 15.4. The molecule has 0 bridgehead atoms. The molecule has 1 saturated heterocycles. The van der Waals surface area contributed by atoms with Crippen LogP contribution in [-0.2, 0) is 11.2 Å². The van der Waals surface area contributed by atoms with Crippen molar-refractivity contribution in [3.8, 4) is 11.4 Å². The molecule has 2 heterocycles. The van der Waals surface area contributed by atoms with Crippen LogP contribution in [0.3, 0.4) is 0 Å². The molecule has 0 atom stereocenters. The molecular formula is C21H21FN4OS. The van der Waals surface area contributed by atoms with Crippen LogP contribution >= 0.6 is 11.5 Å².